The van der Waals surface area contributed by atoms with Crippen LogP contribution < -0.4 is 15.8 Å². The second-order valence-corrected chi connectivity index (χ2v) is 7.31. The smallest absolute Gasteiger partial charge is 0.255 e. The van der Waals surface area contributed by atoms with Gasteiger partial charge in [-0.05, 0) is 18.2 Å². The molecule has 1 aromatic rings. The van der Waals surface area contributed by atoms with Gasteiger partial charge in [-0.2, -0.15) is 0 Å². The molecule has 1 amide bonds. The molecule has 2 rings (SSSR count). The Morgan fingerprint density at radius 2 is 1.86 bits per heavy atom. The molecule has 0 unspecified atom stereocenters. The summed E-state index contributed by atoms with van der Waals surface area (Å²) in [6, 6.07) is 5.05. The number of nitrogens with two attached hydrogens (primary N) is 1. The number of hydrogen-bond donors (Lipinski definition) is 2. The van der Waals surface area contributed by atoms with Crippen molar-refractivity contribution < 1.29 is 9.53 Å². The van der Waals surface area contributed by atoms with Gasteiger partial charge in [0.05, 0.1) is 12.7 Å². The van der Waals surface area contributed by atoms with Crippen LogP contribution >= 0.6 is 11.6 Å². The van der Waals surface area contributed by atoms with Crippen LogP contribution in [-0.2, 0) is 0 Å². The number of nitrogens with one attached hydrogen (secondary N) is 1. The Labute approximate surface area is 131 Å². The molecule has 1 saturated carbocycles. The van der Waals surface area contributed by atoms with Crippen molar-refractivity contribution in [2.24, 2.45) is 16.6 Å². The predicted molar refractivity (Wildman–Crippen MR) is 84.8 cm³/mol. The molecule has 1 aromatic carbocycles. The largest absolute Gasteiger partial charge is 0.496 e. The normalized spacial score (nSPS) is 25.9. The Bertz CT molecular complexity index is 553. The number of carbonyl (C=O) groups excluding carboxylic acids is 1. The van der Waals surface area contributed by atoms with Gasteiger partial charge in [-0.3, -0.25) is 4.79 Å². The Kier molecular flexibility index (Phi) is 3.98. The molecule has 0 atom stereocenters. The lowest BCUT2D eigenvalue weighted by Crippen LogP contribution is -2.76. The highest BCUT2D eigenvalue weighted by molar-refractivity contribution is 6.31. The lowest BCUT2D eigenvalue weighted by molar-refractivity contribution is -0.0663. The Hall–Kier alpha value is -1.26. The van der Waals surface area contributed by atoms with E-state index in [9.17, 15) is 4.79 Å². The monoisotopic (exact) mass is 310 g/mol. The summed E-state index contributed by atoms with van der Waals surface area (Å²) >= 11 is 5.98. The maximum atomic E-state index is 12.6. The third-order valence-electron chi connectivity index (χ3n) is 4.77. The molecule has 0 bridgehead atoms. The molecule has 21 heavy (non-hydrogen) atoms. The summed E-state index contributed by atoms with van der Waals surface area (Å²) in [6.45, 7) is 8.29. The summed E-state index contributed by atoms with van der Waals surface area (Å²) in [4.78, 5) is 12.6. The van der Waals surface area contributed by atoms with E-state index >= 15 is 0 Å². The molecule has 0 aromatic heterocycles. The molecule has 1 aliphatic carbocycles. The van der Waals surface area contributed by atoms with E-state index in [4.69, 9.17) is 22.1 Å². The summed E-state index contributed by atoms with van der Waals surface area (Å²) in [5.41, 5.74) is 6.37. The van der Waals surface area contributed by atoms with Crippen LogP contribution in [0.1, 0.15) is 38.1 Å². The minimum atomic E-state index is -0.188. The van der Waals surface area contributed by atoms with E-state index in [2.05, 4.69) is 33.0 Å². The molecule has 1 aliphatic rings. The molecule has 0 aliphatic heterocycles. The minimum absolute atomic E-state index is 0.00353. The van der Waals surface area contributed by atoms with Gasteiger partial charge in [0.2, 0.25) is 0 Å². The molecule has 116 valence electrons. The fourth-order valence-electron chi connectivity index (χ4n) is 3.62. The lowest BCUT2D eigenvalue weighted by atomic mass is 9.48. The first-order chi connectivity index (χ1) is 9.62. The van der Waals surface area contributed by atoms with Crippen molar-refractivity contribution in [2.45, 2.75) is 39.8 Å². The average Bonchev–Trinajstić information content (AvgIpc) is 2.43. The van der Waals surface area contributed by atoms with Crippen molar-refractivity contribution in [3.05, 3.63) is 28.8 Å². The number of benzene rings is 1. The molecule has 0 saturated heterocycles. The van der Waals surface area contributed by atoms with E-state index in [-0.39, 0.29) is 28.8 Å². The highest BCUT2D eigenvalue weighted by atomic mass is 35.5. The third-order valence-corrected chi connectivity index (χ3v) is 5.01. The highest BCUT2D eigenvalue weighted by Gasteiger charge is 2.60. The molecule has 3 N–H and O–H groups in total. The standard InChI is InChI=1S/C16H23ClN2O2/c1-15(2)13(18)16(3,4)14(15)19-12(20)10-8-9(17)6-7-11(10)21-5/h6-8,13-14H,18H2,1-5H3,(H,19,20). The molecule has 0 spiro atoms. The van der Waals surface area contributed by atoms with Crippen LogP contribution in [0.5, 0.6) is 5.75 Å². The lowest BCUT2D eigenvalue weighted by Gasteiger charge is -2.62. The van der Waals surface area contributed by atoms with Gasteiger partial charge >= 0.3 is 0 Å². The first-order valence-electron chi connectivity index (χ1n) is 7.02. The van der Waals surface area contributed by atoms with E-state index in [1.54, 1.807) is 18.2 Å². The maximum absolute atomic E-state index is 12.6. The predicted octanol–water partition coefficient (Wildman–Crippen LogP) is 2.84. The average molecular weight is 311 g/mol. The van der Waals surface area contributed by atoms with Gasteiger partial charge in [0.25, 0.3) is 5.91 Å². The van der Waals surface area contributed by atoms with Crippen LogP contribution in [0.3, 0.4) is 0 Å². The first-order valence-corrected chi connectivity index (χ1v) is 7.40. The van der Waals surface area contributed by atoms with E-state index in [0.717, 1.165) is 0 Å². The maximum Gasteiger partial charge on any atom is 0.255 e. The van der Waals surface area contributed by atoms with E-state index in [0.29, 0.717) is 16.3 Å². The van der Waals surface area contributed by atoms with Crippen LogP contribution in [0.15, 0.2) is 18.2 Å². The zero-order valence-electron chi connectivity index (χ0n) is 13.2. The zero-order chi connectivity index (χ0) is 16.0. The summed E-state index contributed by atoms with van der Waals surface area (Å²) in [7, 11) is 1.53. The topological polar surface area (TPSA) is 64.3 Å². The van der Waals surface area contributed by atoms with E-state index in [1.807, 2.05) is 0 Å². The second kappa shape index (κ2) is 5.18. The minimum Gasteiger partial charge on any atom is -0.496 e. The zero-order valence-corrected chi connectivity index (χ0v) is 13.9. The van der Waals surface area contributed by atoms with Crippen LogP contribution in [-0.4, -0.2) is 25.1 Å². The fraction of sp³-hybridized carbons (Fsp3) is 0.562. The highest BCUT2D eigenvalue weighted by Crippen LogP contribution is 2.52. The molecule has 4 nitrogen and oxygen atoms in total. The van der Waals surface area contributed by atoms with Crippen LogP contribution in [0.2, 0.25) is 5.02 Å². The number of methoxy groups -OCH3 is 1. The summed E-state index contributed by atoms with van der Waals surface area (Å²) < 4.78 is 5.24. The van der Waals surface area contributed by atoms with E-state index < -0.39 is 0 Å². The van der Waals surface area contributed by atoms with Gasteiger partial charge < -0.3 is 15.8 Å². The van der Waals surface area contributed by atoms with Crippen LogP contribution in [0.25, 0.3) is 0 Å². The summed E-state index contributed by atoms with van der Waals surface area (Å²) in [5.74, 6) is 0.323. The van der Waals surface area contributed by atoms with E-state index in [1.165, 1.54) is 7.11 Å². The molecule has 0 heterocycles. The van der Waals surface area contributed by atoms with Crippen LogP contribution in [0, 0.1) is 10.8 Å². The quantitative estimate of drug-likeness (QED) is 0.902. The summed E-state index contributed by atoms with van der Waals surface area (Å²) in [6.07, 6.45) is 0. The van der Waals surface area contributed by atoms with Crippen molar-refractivity contribution in [1.29, 1.82) is 0 Å². The Morgan fingerprint density at radius 3 is 2.38 bits per heavy atom. The van der Waals surface area contributed by atoms with Crippen molar-refractivity contribution >= 4 is 17.5 Å². The number of amides is 1. The Balaban J connectivity index is 2.25. The first kappa shape index (κ1) is 16.1. The molecule has 1 fully saturated rings. The molecular weight excluding hydrogens is 288 g/mol. The number of halogens is 1. The number of ether oxygens (including phenoxy) is 1. The molecule has 5 heteroatoms. The SMILES string of the molecule is COc1ccc(Cl)cc1C(=O)NC1C(C)(C)C(N)C1(C)C. The van der Waals surface area contributed by atoms with Crippen molar-refractivity contribution in [3.8, 4) is 5.75 Å². The Morgan fingerprint density at radius 1 is 1.29 bits per heavy atom. The molecule has 0 radical (unpaired) electrons. The second-order valence-electron chi connectivity index (χ2n) is 6.87. The van der Waals surface area contributed by atoms with Gasteiger partial charge in [-0.1, -0.05) is 39.3 Å². The van der Waals surface area contributed by atoms with Gasteiger partial charge in [-0.15, -0.1) is 0 Å². The van der Waals surface area contributed by atoms with Gasteiger partial charge in [0.15, 0.2) is 0 Å². The van der Waals surface area contributed by atoms with Gasteiger partial charge in [0.1, 0.15) is 5.75 Å². The van der Waals surface area contributed by atoms with Crippen molar-refractivity contribution in [1.82, 2.24) is 5.32 Å². The van der Waals surface area contributed by atoms with Crippen molar-refractivity contribution in [2.75, 3.05) is 7.11 Å². The number of carbonyl (C=O) groups is 1. The van der Waals surface area contributed by atoms with Crippen LogP contribution in [0.4, 0.5) is 0 Å². The molecular formula is C16H23ClN2O2. The van der Waals surface area contributed by atoms with Crippen molar-refractivity contribution in [3.63, 3.8) is 0 Å². The number of rotatable bonds is 3. The number of hydrogen-bond acceptors (Lipinski definition) is 3. The fourth-order valence-corrected chi connectivity index (χ4v) is 3.79. The third kappa shape index (κ3) is 2.51. The van der Waals surface area contributed by atoms with Gasteiger partial charge in [0, 0.05) is 27.9 Å². The summed E-state index contributed by atoms with van der Waals surface area (Å²) in [5, 5.41) is 3.59. The van der Waals surface area contributed by atoms with Gasteiger partial charge in [-0.25, -0.2) is 0 Å².